The van der Waals surface area contributed by atoms with Gasteiger partial charge in [-0.05, 0) is 48.4 Å². The average Bonchev–Trinajstić information content (AvgIpc) is 3.33. The zero-order valence-electron chi connectivity index (χ0n) is 16.2. The van der Waals surface area contributed by atoms with E-state index in [2.05, 4.69) is 9.98 Å². The lowest BCUT2D eigenvalue weighted by atomic mass is 9.94. The van der Waals surface area contributed by atoms with Gasteiger partial charge in [0.1, 0.15) is 5.76 Å². The number of aliphatic hydroxyl groups excluding tert-OH is 1. The van der Waals surface area contributed by atoms with Gasteiger partial charge >= 0.3 is 5.91 Å². The largest absolute Gasteiger partial charge is 0.507 e. The average molecular weight is 450 g/mol. The van der Waals surface area contributed by atoms with Crippen molar-refractivity contribution in [3.63, 3.8) is 0 Å². The first-order valence-corrected chi connectivity index (χ1v) is 10.9. The first kappa shape index (κ1) is 19.7. The van der Waals surface area contributed by atoms with Gasteiger partial charge in [-0.25, -0.2) is 4.98 Å². The van der Waals surface area contributed by atoms with Crippen molar-refractivity contribution >= 4 is 62.0 Å². The number of hydrogen-bond donors (Lipinski definition) is 1. The van der Waals surface area contributed by atoms with Crippen molar-refractivity contribution < 1.29 is 14.7 Å². The summed E-state index contributed by atoms with van der Waals surface area (Å²) >= 11 is 7.29. The van der Waals surface area contributed by atoms with Crippen LogP contribution in [0.15, 0.2) is 70.7 Å². The van der Waals surface area contributed by atoms with Crippen LogP contribution in [0.2, 0.25) is 5.02 Å². The molecular formula is C23H16ClN3O3S. The van der Waals surface area contributed by atoms with Gasteiger partial charge in [-0.1, -0.05) is 41.1 Å². The lowest BCUT2D eigenvalue weighted by Gasteiger charge is -2.24. The number of fused-ring (bicyclic) bond motifs is 1. The lowest BCUT2D eigenvalue weighted by Crippen LogP contribution is -2.36. The van der Waals surface area contributed by atoms with Gasteiger partial charge in [0.25, 0.3) is 5.78 Å². The van der Waals surface area contributed by atoms with E-state index in [-0.39, 0.29) is 11.3 Å². The zero-order valence-corrected chi connectivity index (χ0v) is 17.7. The molecule has 1 saturated heterocycles. The van der Waals surface area contributed by atoms with Crippen LogP contribution in [0.25, 0.3) is 16.0 Å². The van der Waals surface area contributed by atoms with Crippen molar-refractivity contribution in [1.29, 1.82) is 0 Å². The maximum absolute atomic E-state index is 13.1. The van der Waals surface area contributed by atoms with Crippen molar-refractivity contribution in [2.45, 2.75) is 12.5 Å². The molecule has 1 aromatic heterocycles. The molecule has 1 unspecified atom stereocenters. The van der Waals surface area contributed by atoms with E-state index in [0.717, 1.165) is 10.2 Å². The summed E-state index contributed by atoms with van der Waals surface area (Å²) in [5.74, 6) is -1.72. The summed E-state index contributed by atoms with van der Waals surface area (Å²) in [5.41, 5.74) is 1.85. The SMILES string of the molecule is O=C1C(=O)N(c2nc3ccccc3s2)C(C2=CCCN=C2)C1=C(O)c1ccc(Cl)cc1. The summed E-state index contributed by atoms with van der Waals surface area (Å²) in [4.78, 5) is 36.5. The normalized spacial score (nSPS) is 20.5. The smallest absolute Gasteiger partial charge is 0.301 e. The second kappa shape index (κ2) is 7.76. The van der Waals surface area contributed by atoms with Gasteiger partial charge in [0.15, 0.2) is 5.13 Å². The highest BCUT2D eigenvalue weighted by Gasteiger charge is 2.48. The highest BCUT2D eigenvalue weighted by molar-refractivity contribution is 7.22. The van der Waals surface area contributed by atoms with Crippen molar-refractivity contribution in [2.75, 3.05) is 11.4 Å². The number of carbonyl (C=O) groups is 2. The number of halogens is 1. The zero-order chi connectivity index (χ0) is 21.5. The molecule has 8 heteroatoms. The number of dihydropyridines is 1. The molecule has 1 amide bonds. The van der Waals surface area contributed by atoms with Crippen LogP contribution >= 0.6 is 22.9 Å². The van der Waals surface area contributed by atoms with Crippen LogP contribution < -0.4 is 4.90 Å². The van der Waals surface area contributed by atoms with Gasteiger partial charge < -0.3 is 5.11 Å². The second-order valence-electron chi connectivity index (χ2n) is 7.17. The summed E-state index contributed by atoms with van der Waals surface area (Å²) in [6.45, 7) is 0.640. The van der Waals surface area contributed by atoms with Crippen molar-refractivity contribution in [3.05, 3.63) is 76.3 Å². The molecule has 2 aliphatic heterocycles. The van der Waals surface area contributed by atoms with Crippen molar-refractivity contribution in [1.82, 2.24) is 4.98 Å². The van der Waals surface area contributed by atoms with E-state index in [1.54, 1.807) is 30.5 Å². The minimum absolute atomic E-state index is 0.0196. The molecular weight excluding hydrogens is 434 g/mol. The number of para-hydroxylation sites is 1. The Kier molecular flexibility index (Phi) is 4.92. The van der Waals surface area contributed by atoms with E-state index in [1.807, 2.05) is 30.3 Å². The molecule has 6 nitrogen and oxygen atoms in total. The predicted octanol–water partition coefficient (Wildman–Crippen LogP) is 4.60. The molecule has 1 atom stereocenters. The number of aromatic nitrogens is 1. The first-order chi connectivity index (χ1) is 15.0. The number of amides is 1. The highest BCUT2D eigenvalue weighted by atomic mass is 35.5. The van der Waals surface area contributed by atoms with Gasteiger partial charge in [0.05, 0.1) is 21.8 Å². The molecule has 5 rings (SSSR count). The van der Waals surface area contributed by atoms with Crippen LogP contribution in [-0.2, 0) is 9.59 Å². The molecule has 0 saturated carbocycles. The molecule has 31 heavy (non-hydrogen) atoms. The number of ketones is 1. The number of carbonyl (C=O) groups excluding carboxylic acids is 2. The third-order valence-corrected chi connectivity index (χ3v) is 6.53. The topological polar surface area (TPSA) is 82.9 Å². The number of benzene rings is 2. The Labute approximate surface area is 186 Å². The molecule has 1 fully saturated rings. The Morgan fingerprint density at radius 1 is 1.13 bits per heavy atom. The molecule has 3 aromatic rings. The minimum Gasteiger partial charge on any atom is -0.507 e. The highest BCUT2D eigenvalue weighted by Crippen LogP contribution is 2.39. The quantitative estimate of drug-likeness (QED) is 0.359. The third kappa shape index (κ3) is 3.36. The van der Waals surface area contributed by atoms with Gasteiger partial charge in [-0.15, -0.1) is 0 Å². The molecule has 2 aromatic carbocycles. The monoisotopic (exact) mass is 449 g/mol. The van der Waals surface area contributed by atoms with Gasteiger partial charge in [-0.3, -0.25) is 19.5 Å². The Bertz CT molecular complexity index is 1270. The standard InChI is InChI=1S/C23H16ClN3O3S/c24-15-9-7-13(8-10-15)20(28)18-19(14-4-3-11-25-12-14)27(22(30)21(18)29)23-26-16-5-1-2-6-17(16)31-23/h1-2,4-10,12,19,28H,3,11H2. The Morgan fingerprint density at radius 3 is 2.61 bits per heavy atom. The Balaban J connectivity index is 1.70. The van der Waals surface area contributed by atoms with Gasteiger partial charge in [0.2, 0.25) is 0 Å². The maximum atomic E-state index is 13.1. The molecule has 0 radical (unpaired) electrons. The van der Waals surface area contributed by atoms with Gasteiger partial charge in [-0.2, -0.15) is 0 Å². The summed E-state index contributed by atoms with van der Waals surface area (Å²) in [6, 6.07) is 13.2. The Morgan fingerprint density at radius 2 is 1.90 bits per heavy atom. The number of thiazole rings is 1. The number of rotatable bonds is 3. The van der Waals surface area contributed by atoms with Crippen LogP contribution in [-0.4, -0.2) is 40.6 Å². The van der Waals surface area contributed by atoms with Crippen LogP contribution in [0.4, 0.5) is 5.13 Å². The van der Waals surface area contributed by atoms with Crippen LogP contribution in [0.5, 0.6) is 0 Å². The fourth-order valence-electron chi connectivity index (χ4n) is 3.78. The molecule has 3 heterocycles. The van der Waals surface area contributed by atoms with Crippen molar-refractivity contribution in [3.8, 4) is 0 Å². The fourth-order valence-corrected chi connectivity index (χ4v) is 4.90. The third-order valence-electron chi connectivity index (χ3n) is 5.25. The van der Waals surface area contributed by atoms with Crippen LogP contribution in [0.1, 0.15) is 12.0 Å². The predicted molar refractivity (Wildman–Crippen MR) is 123 cm³/mol. The molecule has 0 bridgehead atoms. The summed E-state index contributed by atoms with van der Waals surface area (Å²) in [7, 11) is 0. The molecule has 0 aliphatic carbocycles. The molecule has 2 aliphatic rings. The fraction of sp³-hybridized carbons (Fsp3) is 0.130. The minimum atomic E-state index is -0.805. The molecule has 1 N–H and O–H groups in total. The Hall–Kier alpha value is -3.29. The van der Waals surface area contributed by atoms with Crippen LogP contribution in [0, 0.1) is 0 Å². The summed E-state index contributed by atoms with van der Waals surface area (Å²) < 4.78 is 0.905. The summed E-state index contributed by atoms with van der Waals surface area (Å²) in [6.07, 6.45) is 4.29. The number of anilines is 1. The van der Waals surface area contributed by atoms with E-state index in [0.29, 0.717) is 34.3 Å². The first-order valence-electron chi connectivity index (χ1n) is 9.67. The maximum Gasteiger partial charge on any atom is 0.301 e. The van der Waals surface area contributed by atoms with E-state index in [4.69, 9.17) is 11.6 Å². The van der Waals surface area contributed by atoms with E-state index in [9.17, 15) is 14.7 Å². The van der Waals surface area contributed by atoms with Gasteiger partial charge in [0, 0.05) is 23.3 Å². The number of Topliss-reactive ketones (excluding diaryl/α,β-unsaturated/α-hetero) is 1. The number of aliphatic hydroxyl groups is 1. The van der Waals surface area contributed by atoms with Crippen LogP contribution in [0.3, 0.4) is 0 Å². The lowest BCUT2D eigenvalue weighted by molar-refractivity contribution is -0.132. The number of nitrogens with zero attached hydrogens (tertiary/aromatic N) is 3. The number of aliphatic imine (C=N–C) groups is 1. The van der Waals surface area contributed by atoms with Crippen molar-refractivity contribution in [2.24, 2.45) is 4.99 Å². The van der Waals surface area contributed by atoms with E-state index in [1.165, 1.54) is 16.2 Å². The molecule has 0 spiro atoms. The number of hydrogen-bond acceptors (Lipinski definition) is 6. The summed E-state index contributed by atoms with van der Waals surface area (Å²) in [5, 5.41) is 12.0. The molecule has 154 valence electrons. The van der Waals surface area contributed by atoms with E-state index >= 15 is 0 Å². The van der Waals surface area contributed by atoms with E-state index < -0.39 is 17.7 Å². The second-order valence-corrected chi connectivity index (χ2v) is 8.61.